The second-order valence-electron chi connectivity index (χ2n) is 6.59. The van der Waals surface area contributed by atoms with E-state index in [9.17, 15) is 14.9 Å². The fourth-order valence-corrected chi connectivity index (χ4v) is 3.36. The van der Waals surface area contributed by atoms with Gasteiger partial charge in [-0.3, -0.25) is 19.8 Å². The third-order valence-electron chi connectivity index (χ3n) is 4.73. The Morgan fingerprint density at radius 1 is 1.15 bits per heavy atom. The SMILES string of the molecule is O=c1[nH]c(-c2cccc([N+](=O)[O-])c2)nc2c1CN(Cc1ccccc1)CC2. The predicted molar refractivity (Wildman–Crippen MR) is 101 cm³/mol. The van der Waals surface area contributed by atoms with E-state index in [0.29, 0.717) is 29.9 Å². The Hall–Kier alpha value is -3.32. The van der Waals surface area contributed by atoms with Gasteiger partial charge in [-0.1, -0.05) is 42.5 Å². The monoisotopic (exact) mass is 362 g/mol. The summed E-state index contributed by atoms with van der Waals surface area (Å²) in [4.78, 5) is 32.7. The molecule has 1 aliphatic heterocycles. The summed E-state index contributed by atoms with van der Waals surface area (Å²) in [6.45, 7) is 2.14. The van der Waals surface area contributed by atoms with Crippen molar-refractivity contribution in [3.05, 3.63) is 91.9 Å². The maximum absolute atomic E-state index is 12.6. The maximum Gasteiger partial charge on any atom is 0.270 e. The summed E-state index contributed by atoms with van der Waals surface area (Å²) < 4.78 is 0. The summed E-state index contributed by atoms with van der Waals surface area (Å²) in [5.74, 6) is 0.374. The molecule has 0 unspecified atom stereocenters. The molecule has 1 aliphatic rings. The molecule has 7 heteroatoms. The number of rotatable bonds is 4. The first-order valence-corrected chi connectivity index (χ1v) is 8.73. The second kappa shape index (κ2) is 7.13. The van der Waals surface area contributed by atoms with Gasteiger partial charge in [-0.15, -0.1) is 0 Å². The lowest BCUT2D eigenvalue weighted by Crippen LogP contribution is -2.35. The van der Waals surface area contributed by atoms with Crippen LogP contribution < -0.4 is 5.56 Å². The Kier molecular flexibility index (Phi) is 4.52. The minimum absolute atomic E-state index is 0.0260. The Bertz CT molecular complexity index is 1050. The molecule has 136 valence electrons. The van der Waals surface area contributed by atoms with Crippen molar-refractivity contribution in [2.24, 2.45) is 0 Å². The molecular weight excluding hydrogens is 344 g/mol. The highest BCUT2D eigenvalue weighted by molar-refractivity contribution is 5.59. The average molecular weight is 362 g/mol. The zero-order chi connectivity index (χ0) is 18.8. The van der Waals surface area contributed by atoms with E-state index in [1.807, 2.05) is 18.2 Å². The zero-order valence-corrected chi connectivity index (χ0v) is 14.6. The molecule has 0 amide bonds. The van der Waals surface area contributed by atoms with E-state index in [2.05, 4.69) is 27.0 Å². The van der Waals surface area contributed by atoms with Crippen LogP contribution in [0.4, 0.5) is 5.69 Å². The van der Waals surface area contributed by atoms with Crippen molar-refractivity contribution < 1.29 is 4.92 Å². The Morgan fingerprint density at radius 2 is 1.96 bits per heavy atom. The molecular formula is C20H18N4O3. The van der Waals surface area contributed by atoms with Crippen LogP contribution in [-0.2, 0) is 19.5 Å². The van der Waals surface area contributed by atoms with Gasteiger partial charge >= 0.3 is 0 Å². The van der Waals surface area contributed by atoms with Gasteiger partial charge in [-0.2, -0.15) is 0 Å². The molecule has 2 heterocycles. The highest BCUT2D eigenvalue weighted by Gasteiger charge is 2.22. The predicted octanol–water partition coefficient (Wildman–Crippen LogP) is 2.90. The molecule has 27 heavy (non-hydrogen) atoms. The fourth-order valence-electron chi connectivity index (χ4n) is 3.36. The summed E-state index contributed by atoms with van der Waals surface area (Å²) in [7, 11) is 0. The number of fused-ring (bicyclic) bond motifs is 1. The van der Waals surface area contributed by atoms with Crippen LogP contribution in [0.5, 0.6) is 0 Å². The van der Waals surface area contributed by atoms with E-state index in [-0.39, 0.29) is 11.2 Å². The van der Waals surface area contributed by atoms with Gasteiger partial charge in [-0.05, 0) is 5.56 Å². The molecule has 0 spiro atoms. The van der Waals surface area contributed by atoms with E-state index < -0.39 is 4.92 Å². The van der Waals surface area contributed by atoms with Gasteiger partial charge < -0.3 is 4.98 Å². The van der Waals surface area contributed by atoms with Crippen LogP contribution in [0, 0.1) is 10.1 Å². The minimum atomic E-state index is -0.457. The van der Waals surface area contributed by atoms with Gasteiger partial charge in [0.25, 0.3) is 11.2 Å². The Balaban J connectivity index is 1.61. The first-order valence-electron chi connectivity index (χ1n) is 8.73. The van der Waals surface area contributed by atoms with Crippen molar-refractivity contribution in [2.45, 2.75) is 19.5 Å². The molecule has 0 saturated carbocycles. The van der Waals surface area contributed by atoms with Crippen molar-refractivity contribution in [1.82, 2.24) is 14.9 Å². The molecule has 1 N–H and O–H groups in total. The van der Waals surface area contributed by atoms with Gasteiger partial charge in [0.05, 0.1) is 16.2 Å². The van der Waals surface area contributed by atoms with Crippen LogP contribution in [-0.4, -0.2) is 26.3 Å². The first kappa shape index (κ1) is 17.1. The minimum Gasteiger partial charge on any atom is -0.306 e. The van der Waals surface area contributed by atoms with E-state index in [4.69, 9.17) is 0 Å². The van der Waals surface area contributed by atoms with Crippen molar-refractivity contribution in [3.63, 3.8) is 0 Å². The maximum atomic E-state index is 12.6. The van der Waals surface area contributed by atoms with Gasteiger partial charge in [0.1, 0.15) is 5.82 Å². The van der Waals surface area contributed by atoms with Crippen LogP contribution in [0.1, 0.15) is 16.8 Å². The summed E-state index contributed by atoms with van der Waals surface area (Å²) in [6, 6.07) is 16.3. The lowest BCUT2D eigenvalue weighted by atomic mass is 10.1. The third-order valence-corrected chi connectivity index (χ3v) is 4.73. The van der Waals surface area contributed by atoms with Crippen molar-refractivity contribution in [3.8, 4) is 11.4 Å². The van der Waals surface area contributed by atoms with Gasteiger partial charge in [0, 0.05) is 43.8 Å². The van der Waals surface area contributed by atoms with E-state index in [1.54, 1.807) is 12.1 Å². The topological polar surface area (TPSA) is 92.1 Å². The van der Waals surface area contributed by atoms with Crippen molar-refractivity contribution >= 4 is 5.69 Å². The smallest absolute Gasteiger partial charge is 0.270 e. The van der Waals surface area contributed by atoms with Crippen LogP contribution >= 0.6 is 0 Å². The molecule has 2 aromatic carbocycles. The number of benzene rings is 2. The van der Waals surface area contributed by atoms with Gasteiger partial charge in [-0.25, -0.2) is 4.98 Å². The molecule has 0 fully saturated rings. The van der Waals surface area contributed by atoms with E-state index in [0.717, 1.165) is 18.8 Å². The number of hydrogen-bond acceptors (Lipinski definition) is 5. The molecule has 0 radical (unpaired) electrons. The van der Waals surface area contributed by atoms with Crippen LogP contribution in [0.3, 0.4) is 0 Å². The first-order chi connectivity index (χ1) is 13.1. The molecule has 7 nitrogen and oxygen atoms in total. The molecule has 1 aromatic heterocycles. The summed E-state index contributed by atoms with van der Waals surface area (Å²) in [5, 5.41) is 11.0. The van der Waals surface area contributed by atoms with Crippen LogP contribution in [0.15, 0.2) is 59.4 Å². The summed E-state index contributed by atoms with van der Waals surface area (Å²) >= 11 is 0. The van der Waals surface area contributed by atoms with Crippen LogP contribution in [0.25, 0.3) is 11.4 Å². The number of nitrogens with zero attached hydrogens (tertiary/aromatic N) is 3. The molecule has 4 rings (SSSR count). The normalized spacial score (nSPS) is 13.9. The number of aromatic nitrogens is 2. The van der Waals surface area contributed by atoms with E-state index >= 15 is 0 Å². The molecule has 0 bridgehead atoms. The lowest BCUT2D eigenvalue weighted by molar-refractivity contribution is -0.384. The number of non-ortho nitro benzene ring substituents is 1. The number of hydrogen-bond donors (Lipinski definition) is 1. The molecule has 3 aromatic rings. The van der Waals surface area contributed by atoms with Gasteiger partial charge in [0.2, 0.25) is 0 Å². The average Bonchev–Trinajstić information content (AvgIpc) is 2.69. The van der Waals surface area contributed by atoms with Gasteiger partial charge in [0.15, 0.2) is 0 Å². The lowest BCUT2D eigenvalue weighted by Gasteiger charge is -2.27. The van der Waals surface area contributed by atoms with E-state index in [1.165, 1.54) is 17.7 Å². The third kappa shape index (κ3) is 3.63. The Morgan fingerprint density at radius 3 is 2.74 bits per heavy atom. The number of nitro benzene ring substituents is 1. The Labute approximate surface area is 155 Å². The largest absolute Gasteiger partial charge is 0.306 e. The number of H-pyrrole nitrogens is 1. The standard InChI is InChI=1S/C20H18N4O3/c25-20-17-13-23(12-14-5-2-1-3-6-14)10-9-18(17)21-19(22-20)15-7-4-8-16(11-15)24(26)27/h1-8,11H,9-10,12-13H2,(H,21,22,25). The fraction of sp³-hybridized carbons (Fsp3) is 0.200. The number of nitrogens with one attached hydrogen (secondary N) is 1. The summed E-state index contributed by atoms with van der Waals surface area (Å²) in [6.07, 6.45) is 0.675. The van der Waals surface area contributed by atoms with Crippen molar-refractivity contribution in [1.29, 1.82) is 0 Å². The molecule has 0 saturated heterocycles. The highest BCUT2D eigenvalue weighted by Crippen LogP contribution is 2.23. The quantitative estimate of drug-likeness (QED) is 0.569. The number of nitro groups is 1. The second-order valence-corrected chi connectivity index (χ2v) is 6.59. The van der Waals surface area contributed by atoms with Crippen molar-refractivity contribution in [2.75, 3.05) is 6.54 Å². The highest BCUT2D eigenvalue weighted by atomic mass is 16.6. The molecule has 0 aliphatic carbocycles. The summed E-state index contributed by atoms with van der Waals surface area (Å²) in [5.41, 5.74) is 2.98. The molecule has 0 atom stereocenters. The zero-order valence-electron chi connectivity index (χ0n) is 14.6. The number of aromatic amines is 1. The van der Waals surface area contributed by atoms with Crippen LogP contribution in [0.2, 0.25) is 0 Å².